The Balaban J connectivity index is 1.51. The highest BCUT2D eigenvalue weighted by Crippen LogP contribution is 2.19. The van der Waals surface area contributed by atoms with Gasteiger partial charge < -0.3 is 9.74 Å². The second-order valence-electron chi connectivity index (χ2n) is 6.57. The van der Waals surface area contributed by atoms with Crippen LogP contribution >= 0.6 is 11.3 Å². The molecule has 2 aliphatic heterocycles. The third kappa shape index (κ3) is 4.12. The van der Waals surface area contributed by atoms with Gasteiger partial charge in [0.05, 0.1) is 5.71 Å². The molecule has 1 aromatic rings. The van der Waals surface area contributed by atoms with Gasteiger partial charge in [0, 0.05) is 44.0 Å². The van der Waals surface area contributed by atoms with Crippen LogP contribution in [0.15, 0.2) is 22.7 Å². The van der Waals surface area contributed by atoms with Crippen LogP contribution in [-0.2, 0) is 16.2 Å². The molecule has 126 valence electrons. The van der Waals surface area contributed by atoms with Crippen molar-refractivity contribution in [2.45, 2.75) is 39.3 Å². The minimum Gasteiger partial charge on any atom is -0.382 e. The maximum absolute atomic E-state index is 12.7. The van der Waals surface area contributed by atoms with Gasteiger partial charge in [-0.1, -0.05) is 25.1 Å². The van der Waals surface area contributed by atoms with Gasteiger partial charge in [-0.15, -0.1) is 11.3 Å². The summed E-state index contributed by atoms with van der Waals surface area (Å²) >= 11 is 1.80. The Labute approximate surface area is 141 Å². The fourth-order valence-corrected chi connectivity index (χ4v) is 3.79. The Hall–Kier alpha value is -1.40. The van der Waals surface area contributed by atoms with Gasteiger partial charge in [0.15, 0.2) is 0 Å². The molecule has 0 spiro atoms. The molecule has 3 rings (SSSR count). The predicted molar refractivity (Wildman–Crippen MR) is 92.6 cm³/mol. The SMILES string of the molecule is CC(C)C1=NOC(C(=O)N2CCCN(Cc3cccs3)CC2)C1. The highest BCUT2D eigenvalue weighted by molar-refractivity contribution is 7.09. The van der Waals surface area contributed by atoms with E-state index < -0.39 is 6.10 Å². The van der Waals surface area contributed by atoms with Gasteiger partial charge in [0.1, 0.15) is 0 Å². The first-order valence-electron chi connectivity index (χ1n) is 8.39. The van der Waals surface area contributed by atoms with E-state index in [9.17, 15) is 4.79 Å². The minimum atomic E-state index is -0.406. The summed E-state index contributed by atoms with van der Waals surface area (Å²) in [5.74, 6) is 0.445. The average molecular weight is 335 g/mol. The number of hydrogen-bond acceptors (Lipinski definition) is 5. The standard InChI is InChI=1S/C17H25N3O2S/c1-13(2)15-11-16(22-18-15)17(21)20-7-4-6-19(8-9-20)12-14-5-3-10-23-14/h3,5,10,13,16H,4,6-9,11-12H2,1-2H3. The second-order valence-corrected chi connectivity index (χ2v) is 7.60. The highest BCUT2D eigenvalue weighted by atomic mass is 32.1. The molecule has 1 saturated heterocycles. The number of rotatable bonds is 4. The van der Waals surface area contributed by atoms with Gasteiger partial charge in [-0.3, -0.25) is 9.69 Å². The molecule has 6 heteroatoms. The Morgan fingerprint density at radius 2 is 2.26 bits per heavy atom. The van der Waals surface area contributed by atoms with Crippen LogP contribution in [-0.4, -0.2) is 53.7 Å². The number of carbonyl (C=O) groups excluding carboxylic acids is 1. The molecule has 0 radical (unpaired) electrons. The molecule has 0 saturated carbocycles. The first kappa shape index (κ1) is 16.5. The van der Waals surface area contributed by atoms with E-state index in [1.807, 2.05) is 4.90 Å². The zero-order valence-electron chi connectivity index (χ0n) is 13.9. The predicted octanol–water partition coefficient (Wildman–Crippen LogP) is 2.58. The molecule has 3 heterocycles. The van der Waals surface area contributed by atoms with E-state index in [2.05, 4.69) is 41.4 Å². The number of nitrogens with zero attached hydrogens (tertiary/aromatic N) is 3. The lowest BCUT2D eigenvalue weighted by Gasteiger charge is -2.23. The molecule has 1 amide bonds. The van der Waals surface area contributed by atoms with Crippen LogP contribution in [0.2, 0.25) is 0 Å². The summed E-state index contributed by atoms with van der Waals surface area (Å²) in [4.78, 5) is 23.8. The van der Waals surface area contributed by atoms with E-state index in [-0.39, 0.29) is 5.91 Å². The monoisotopic (exact) mass is 335 g/mol. The Kier molecular flexibility index (Phi) is 5.33. The minimum absolute atomic E-state index is 0.0994. The molecular weight excluding hydrogens is 310 g/mol. The van der Waals surface area contributed by atoms with E-state index in [1.165, 1.54) is 4.88 Å². The van der Waals surface area contributed by atoms with E-state index in [0.29, 0.717) is 12.3 Å². The zero-order valence-corrected chi connectivity index (χ0v) is 14.7. The van der Waals surface area contributed by atoms with Crippen LogP contribution in [0.5, 0.6) is 0 Å². The summed E-state index contributed by atoms with van der Waals surface area (Å²) in [6, 6.07) is 4.27. The zero-order chi connectivity index (χ0) is 16.2. The van der Waals surface area contributed by atoms with Gasteiger partial charge in [0.2, 0.25) is 6.10 Å². The number of hydrogen-bond donors (Lipinski definition) is 0. The Morgan fingerprint density at radius 1 is 1.39 bits per heavy atom. The summed E-state index contributed by atoms with van der Waals surface area (Å²) in [6.07, 6.45) is 1.25. The van der Waals surface area contributed by atoms with Crippen molar-refractivity contribution in [3.8, 4) is 0 Å². The number of carbonyl (C=O) groups is 1. The molecule has 0 N–H and O–H groups in total. The van der Waals surface area contributed by atoms with E-state index in [4.69, 9.17) is 4.84 Å². The second kappa shape index (κ2) is 7.45. The first-order chi connectivity index (χ1) is 11.1. The number of oxime groups is 1. The lowest BCUT2D eigenvalue weighted by Crippen LogP contribution is -2.41. The van der Waals surface area contributed by atoms with Crippen LogP contribution in [0.3, 0.4) is 0 Å². The number of amides is 1. The third-order valence-corrected chi connectivity index (χ3v) is 5.35. The molecule has 0 aromatic carbocycles. The van der Waals surface area contributed by atoms with Gasteiger partial charge >= 0.3 is 0 Å². The molecule has 1 atom stereocenters. The molecule has 5 nitrogen and oxygen atoms in total. The topological polar surface area (TPSA) is 45.1 Å². The van der Waals surface area contributed by atoms with Crippen LogP contribution in [0.25, 0.3) is 0 Å². The molecule has 0 bridgehead atoms. The Morgan fingerprint density at radius 3 is 2.96 bits per heavy atom. The van der Waals surface area contributed by atoms with Crippen LogP contribution in [0.4, 0.5) is 0 Å². The van der Waals surface area contributed by atoms with Crippen molar-refractivity contribution in [2.24, 2.45) is 11.1 Å². The smallest absolute Gasteiger partial charge is 0.266 e. The van der Waals surface area contributed by atoms with Crippen molar-refractivity contribution in [1.82, 2.24) is 9.80 Å². The quantitative estimate of drug-likeness (QED) is 0.849. The molecule has 1 aromatic heterocycles. The van der Waals surface area contributed by atoms with Crippen LogP contribution < -0.4 is 0 Å². The summed E-state index contributed by atoms with van der Waals surface area (Å²) in [5, 5.41) is 6.20. The van der Waals surface area contributed by atoms with Crippen molar-refractivity contribution >= 4 is 23.0 Å². The largest absolute Gasteiger partial charge is 0.382 e. The molecular formula is C17H25N3O2S. The fraction of sp³-hybridized carbons (Fsp3) is 0.647. The summed E-state index contributed by atoms with van der Waals surface area (Å²) in [7, 11) is 0. The van der Waals surface area contributed by atoms with Gasteiger partial charge in [-0.05, 0) is 23.8 Å². The maximum Gasteiger partial charge on any atom is 0.266 e. The summed E-state index contributed by atoms with van der Waals surface area (Å²) in [6.45, 7) is 8.72. The molecule has 23 heavy (non-hydrogen) atoms. The van der Waals surface area contributed by atoms with E-state index in [0.717, 1.165) is 44.9 Å². The molecule has 1 fully saturated rings. The van der Waals surface area contributed by atoms with E-state index >= 15 is 0 Å². The van der Waals surface area contributed by atoms with Crippen LogP contribution in [0.1, 0.15) is 31.6 Å². The van der Waals surface area contributed by atoms with E-state index in [1.54, 1.807) is 11.3 Å². The molecule has 1 unspecified atom stereocenters. The van der Waals surface area contributed by atoms with Crippen molar-refractivity contribution in [1.29, 1.82) is 0 Å². The van der Waals surface area contributed by atoms with Gasteiger partial charge in [0.25, 0.3) is 5.91 Å². The third-order valence-electron chi connectivity index (χ3n) is 4.49. The number of thiophene rings is 1. The fourth-order valence-electron chi connectivity index (χ4n) is 3.05. The Bertz CT molecular complexity index is 556. The van der Waals surface area contributed by atoms with Crippen molar-refractivity contribution in [3.05, 3.63) is 22.4 Å². The maximum atomic E-state index is 12.7. The summed E-state index contributed by atoms with van der Waals surface area (Å²) in [5.41, 5.74) is 0.998. The first-order valence-corrected chi connectivity index (χ1v) is 9.27. The van der Waals surface area contributed by atoms with Crippen LogP contribution in [0, 0.1) is 5.92 Å². The molecule has 0 aliphatic carbocycles. The lowest BCUT2D eigenvalue weighted by atomic mass is 10.0. The average Bonchev–Trinajstić information content (AvgIpc) is 3.16. The molecule has 2 aliphatic rings. The normalized spacial score (nSPS) is 22.8. The highest BCUT2D eigenvalue weighted by Gasteiger charge is 2.33. The lowest BCUT2D eigenvalue weighted by molar-refractivity contribution is -0.141. The van der Waals surface area contributed by atoms with Crippen molar-refractivity contribution in [2.75, 3.05) is 26.2 Å². The van der Waals surface area contributed by atoms with Crippen molar-refractivity contribution < 1.29 is 9.63 Å². The van der Waals surface area contributed by atoms with Crippen molar-refractivity contribution in [3.63, 3.8) is 0 Å². The summed E-state index contributed by atoms with van der Waals surface area (Å²) < 4.78 is 0. The van der Waals surface area contributed by atoms with Gasteiger partial charge in [-0.2, -0.15) is 0 Å². The van der Waals surface area contributed by atoms with Gasteiger partial charge in [-0.25, -0.2) is 0 Å².